The van der Waals surface area contributed by atoms with E-state index in [0.29, 0.717) is 42.5 Å². The van der Waals surface area contributed by atoms with Gasteiger partial charge in [-0.3, -0.25) is 4.79 Å². The maximum absolute atomic E-state index is 11.9. The first-order chi connectivity index (χ1) is 28.8. The molecular formula is C49H57N9O. The Labute approximate surface area is 349 Å². The number of hydrogen-bond donors (Lipinski definition) is 2. The van der Waals surface area contributed by atoms with Crippen LogP contribution in [0.5, 0.6) is 0 Å². The van der Waals surface area contributed by atoms with Gasteiger partial charge >= 0.3 is 0 Å². The van der Waals surface area contributed by atoms with Gasteiger partial charge in [-0.05, 0) is 84.4 Å². The fourth-order valence-electron chi connectivity index (χ4n) is 10.9. The average Bonchev–Trinajstić information content (AvgIpc) is 4.02. The summed E-state index contributed by atoms with van der Waals surface area (Å²) in [7, 11) is 3.58. The third kappa shape index (κ3) is 6.01. The Morgan fingerprint density at radius 1 is 0.712 bits per heavy atom. The van der Waals surface area contributed by atoms with Gasteiger partial charge in [0.15, 0.2) is 6.29 Å². The predicted molar refractivity (Wildman–Crippen MR) is 236 cm³/mol. The highest BCUT2D eigenvalue weighted by Crippen LogP contribution is 2.47. The minimum Gasteiger partial charge on any atom is -0.387 e. The molecule has 0 spiro atoms. The lowest BCUT2D eigenvalue weighted by Crippen LogP contribution is -2.45. The quantitative estimate of drug-likeness (QED) is 0.349. The molecule has 4 saturated heterocycles. The van der Waals surface area contributed by atoms with Gasteiger partial charge in [-0.2, -0.15) is 0 Å². The summed E-state index contributed by atoms with van der Waals surface area (Å²) in [5.41, 5.74) is 11.9. The number of allylic oxidation sites excluding steroid dienone is 13. The standard InChI is InChI=1S/C19H21N3.C16H18N2.C14H18N4O/c1-3-14-8-10-16-18-6-4-5-17-15-9-7-13(2)11-20(15)19(22(17)18)21(16)12-14;1-3-12-6-7-17-10-18-9-11(2)8-13-4-5-14(12)16(17)15(13)18;1-15-10-6-7-11-12-4-3-5-13(14(19)16-2)18(12)9-17(11)8-10/h4-12,15-17,19H,3H2,1-2H3;4-9,15-16H,3,10H2,1-2H3;3-8,11-12,15H,9H2,1-2H3,(H,16,19). The maximum Gasteiger partial charge on any atom is 0.267 e. The molecule has 304 valence electrons. The van der Waals surface area contributed by atoms with Gasteiger partial charge in [0.05, 0.1) is 55.6 Å². The zero-order valence-corrected chi connectivity index (χ0v) is 35.1. The summed E-state index contributed by atoms with van der Waals surface area (Å²) in [6.07, 6.45) is 49.7. The third-order valence-electron chi connectivity index (χ3n) is 13.7. The molecule has 2 N–H and O–H groups in total. The molecule has 1 amide bonds. The van der Waals surface area contributed by atoms with Gasteiger partial charge in [-0.1, -0.05) is 86.8 Å². The molecular weight excluding hydrogens is 731 g/mol. The van der Waals surface area contributed by atoms with Gasteiger partial charge in [0.1, 0.15) is 5.70 Å². The maximum atomic E-state index is 11.9. The van der Waals surface area contributed by atoms with Gasteiger partial charge in [0.25, 0.3) is 5.91 Å². The van der Waals surface area contributed by atoms with E-state index in [4.69, 9.17) is 0 Å². The number of amides is 1. The van der Waals surface area contributed by atoms with Gasteiger partial charge in [0, 0.05) is 56.5 Å². The monoisotopic (exact) mass is 787 g/mol. The summed E-state index contributed by atoms with van der Waals surface area (Å²) < 4.78 is 0. The Hall–Kier alpha value is -6.03. The van der Waals surface area contributed by atoms with Gasteiger partial charge in [-0.25, -0.2) is 0 Å². The van der Waals surface area contributed by atoms with E-state index >= 15 is 0 Å². The molecule has 1 aliphatic carbocycles. The fourth-order valence-corrected chi connectivity index (χ4v) is 10.9. The van der Waals surface area contributed by atoms with Gasteiger partial charge < -0.3 is 44.9 Å². The van der Waals surface area contributed by atoms with E-state index in [-0.39, 0.29) is 11.9 Å². The number of carbonyl (C=O) groups excluding carboxylic acids is 1. The SMILES string of the molecule is CCC1=C2C=CC3=CC(C)=CN4CN(C=C1)C2C34.CCC1=CN2C(C=C1)C1=CC=CC3C4C=CC(C)=CN4C2N13.CNC(=O)C1=CC=CC2C3C=CC(NC)=CN3CN12. The van der Waals surface area contributed by atoms with Crippen LogP contribution in [-0.4, -0.2) is 116 Å². The number of fused-ring (bicyclic) bond motifs is 9. The van der Waals surface area contributed by atoms with Crippen LogP contribution in [0, 0.1) is 0 Å². The number of nitrogens with one attached hydrogen (secondary N) is 2. The number of carbonyl (C=O) groups is 1. The number of nitrogens with zero attached hydrogens (tertiary/aromatic N) is 7. The van der Waals surface area contributed by atoms with Crippen molar-refractivity contribution < 1.29 is 4.79 Å². The summed E-state index contributed by atoms with van der Waals surface area (Å²) >= 11 is 0. The Morgan fingerprint density at radius 3 is 2.36 bits per heavy atom. The van der Waals surface area contributed by atoms with Crippen molar-refractivity contribution in [2.24, 2.45) is 0 Å². The number of likely N-dealkylation sites (N-methyl/N-ethyl adjacent to an activating group) is 2. The second-order valence-electron chi connectivity index (χ2n) is 17.1. The molecule has 11 heterocycles. The Kier molecular flexibility index (Phi) is 9.26. The largest absolute Gasteiger partial charge is 0.387 e. The Morgan fingerprint density at radius 2 is 1.54 bits per heavy atom. The average molecular weight is 788 g/mol. The molecule has 59 heavy (non-hydrogen) atoms. The van der Waals surface area contributed by atoms with E-state index in [9.17, 15) is 4.79 Å². The molecule has 4 fully saturated rings. The summed E-state index contributed by atoms with van der Waals surface area (Å²) in [5.74, 6) is -0.0315. The van der Waals surface area contributed by atoms with Crippen LogP contribution in [0.3, 0.4) is 0 Å². The van der Waals surface area contributed by atoms with Crippen LogP contribution in [0.4, 0.5) is 0 Å². The van der Waals surface area contributed by atoms with E-state index in [1.54, 1.807) is 7.05 Å². The lowest BCUT2D eigenvalue weighted by Gasteiger charge is -2.37. The highest BCUT2D eigenvalue weighted by molar-refractivity contribution is 5.93. The van der Waals surface area contributed by atoms with E-state index < -0.39 is 0 Å². The topological polar surface area (TPSA) is 63.8 Å². The normalized spacial score (nSPS) is 32.2. The van der Waals surface area contributed by atoms with Crippen molar-refractivity contribution in [3.8, 4) is 0 Å². The molecule has 0 aromatic rings. The molecule has 0 aromatic heterocycles. The Bertz CT molecular complexity index is 2290. The van der Waals surface area contributed by atoms with Crippen molar-refractivity contribution in [1.82, 2.24) is 44.9 Å². The third-order valence-corrected chi connectivity index (χ3v) is 13.7. The summed E-state index contributed by atoms with van der Waals surface area (Å²) in [6.45, 7) is 10.6. The molecule has 11 aliphatic heterocycles. The molecule has 0 aromatic carbocycles. The molecule has 0 saturated carbocycles. The molecule has 8 atom stereocenters. The van der Waals surface area contributed by atoms with Crippen molar-refractivity contribution in [3.05, 3.63) is 179 Å². The van der Waals surface area contributed by atoms with Crippen molar-refractivity contribution in [2.45, 2.75) is 89.1 Å². The van der Waals surface area contributed by atoms with Crippen LogP contribution in [0.25, 0.3) is 0 Å². The molecule has 12 aliphatic rings. The highest BCUT2D eigenvalue weighted by atomic mass is 16.2. The molecule has 8 unspecified atom stereocenters. The highest BCUT2D eigenvalue weighted by Gasteiger charge is 2.55. The summed E-state index contributed by atoms with van der Waals surface area (Å²) in [4.78, 5) is 29.0. The van der Waals surface area contributed by atoms with E-state index in [2.05, 4.69) is 189 Å². The van der Waals surface area contributed by atoms with Crippen molar-refractivity contribution in [1.29, 1.82) is 0 Å². The second-order valence-corrected chi connectivity index (χ2v) is 17.1. The van der Waals surface area contributed by atoms with E-state index in [1.165, 1.54) is 39.1 Å². The van der Waals surface area contributed by atoms with Crippen molar-refractivity contribution >= 4 is 5.91 Å². The first kappa shape index (κ1) is 37.3. The summed E-state index contributed by atoms with van der Waals surface area (Å²) in [6, 6.07) is 2.85. The number of hydrogen-bond acceptors (Lipinski definition) is 9. The van der Waals surface area contributed by atoms with Crippen LogP contribution in [0.1, 0.15) is 40.5 Å². The van der Waals surface area contributed by atoms with Crippen molar-refractivity contribution in [2.75, 3.05) is 27.4 Å². The zero-order valence-electron chi connectivity index (χ0n) is 35.1. The van der Waals surface area contributed by atoms with Crippen LogP contribution in [0.2, 0.25) is 0 Å². The van der Waals surface area contributed by atoms with Gasteiger partial charge in [-0.15, -0.1) is 0 Å². The minimum atomic E-state index is -0.0315. The van der Waals surface area contributed by atoms with Crippen LogP contribution < -0.4 is 10.6 Å². The van der Waals surface area contributed by atoms with E-state index in [1.807, 2.05) is 19.2 Å². The first-order valence-corrected chi connectivity index (χ1v) is 21.5. The summed E-state index contributed by atoms with van der Waals surface area (Å²) in [5, 5.41) is 5.85. The predicted octanol–water partition coefficient (Wildman–Crippen LogP) is 6.18. The minimum absolute atomic E-state index is 0.0315. The fraction of sp³-hybridized carbons (Fsp3) is 0.367. The Balaban J connectivity index is 0.000000108. The molecule has 0 radical (unpaired) electrons. The first-order valence-electron chi connectivity index (χ1n) is 21.5. The van der Waals surface area contributed by atoms with Gasteiger partial charge in [0.2, 0.25) is 0 Å². The van der Waals surface area contributed by atoms with Crippen LogP contribution >= 0.6 is 0 Å². The van der Waals surface area contributed by atoms with Crippen LogP contribution in [-0.2, 0) is 4.79 Å². The molecule has 0 bridgehead atoms. The zero-order chi connectivity index (χ0) is 40.5. The molecule has 10 nitrogen and oxygen atoms in total. The smallest absolute Gasteiger partial charge is 0.267 e. The second kappa shape index (κ2) is 14.7. The molecule has 10 heteroatoms. The lowest BCUT2D eigenvalue weighted by atomic mass is 9.81. The van der Waals surface area contributed by atoms with Crippen molar-refractivity contribution in [3.63, 3.8) is 0 Å². The lowest BCUT2D eigenvalue weighted by molar-refractivity contribution is -0.118. The number of rotatable bonds is 4. The van der Waals surface area contributed by atoms with E-state index in [0.717, 1.165) is 37.6 Å². The van der Waals surface area contributed by atoms with Crippen LogP contribution in [0.15, 0.2) is 179 Å². The molecule has 12 rings (SSSR count).